The lowest BCUT2D eigenvalue weighted by Gasteiger charge is -2.16. The normalized spacial score (nSPS) is 13.1. The van der Waals surface area contributed by atoms with Gasteiger partial charge >= 0.3 is 5.97 Å². The van der Waals surface area contributed by atoms with Crippen LogP contribution in [-0.4, -0.2) is 28.7 Å². The molecule has 0 unspecified atom stereocenters. The molecule has 3 rings (SSSR count). The summed E-state index contributed by atoms with van der Waals surface area (Å²) < 4.78 is 6.68. The van der Waals surface area contributed by atoms with Crippen molar-refractivity contribution in [2.45, 2.75) is 13.5 Å². The van der Waals surface area contributed by atoms with Crippen LogP contribution in [0.25, 0.3) is 0 Å². The van der Waals surface area contributed by atoms with Gasteiger partial charge in [0.2, 0.25) is 5.95 Å². The number of carbonyl (C=O) groups excluding carboxylic acids is 1. The Morgan fingerprint density at radius 1 is 1.29 bits per heavy atom. The molecule has 21 heavy (non-hydrogen) atoms. The van der Waals surface area contributed by atoms with Crippen LogP contribution in [0.1, 0.15) is 17.3 Å². The quantitative estimate of drug-likeness (QED) is 0.801. The number of esters is 1. The zero-order valence-corrected chi connectivity index (χ0v) is 11.7. The SMILES string of the molecule is CCOC(=O)c1cn2c(nc1=O)N(c1ccccc1)CC2. The molecule has 6 heteroatoms. The Balaban J connectivity index is 2.00. The molecule has 0 aliphatic carbocycles. The van der Waals surface area contributed by atoms with Crippen molar-refractivity contribution in [1.82, 2.24) is 9.55 Å². The van der Waals surface area contributed by atoms with Crippen molar-refractivity contribution in [2.24, 2.45) is 0 Å². The van der Waals surface area contributed by atoms with Crippen LogP contribution in [0.3, 0.4) is 0 Å². The fourth-order valence-corrected chi connectivity index (χ4v) is 2.37. The summed E-state index contributed by atoms with van der Waals surface area (Å²) in [5.74, 6) is -0.0669. The molecule has 108 valence electrons. The molecule has 1 aliphatic heterocycles. The van der Waals surface area contributed by atoms with Gasteiger partial charge in [0.25, 0.3) is 5.56 Å². The van der Waals surface area contributed by atoms with Crippen LogP contribution in [0.15, 0.2) is 41.3 Å². The molecule has 0 fully saturated rings. The Morgan fingerprint density at radius 3 is 2.76 bits per heavy atom. The van der Waals surface area contributed by atoms with E-state index in [0.29, 0.717) is 19.0 Å². The third kappa shape index (κ3) is 2.40. The van der Waals surface area contributed by atoms with Crippen LogP contribution in [0, 0.1) is 0 Å². The smallest absolute Gasteiger partial charge is 0.345 e. The zero-order valence-electron chi connectivity index (χ0n) is 11.7. The minimum atomic E-state index is -0.622. The second-order valence-corrected chi connectivity index (χ2v) is 4.66. The second-order valence-electron chi connectivity index (χ2n) is 4.66. The first-order chi connectivity index (χ1) is 10.2. The predicted octanol–water partition coefficient (Wildman–Crippen LogP) is 1.57. The molecule has 6 nitrogen and oxygen atoms in total. The summed E-state index contributed by atoms with van der Waals surface area (Å²) in [5.41, 5.74) is 0.401. The van der Waals surface area contributed by atoms with Gasteiger partial charge in [-0.05, 0) is 19.1 Å². The molecule has 0 spiro atoms. The maximum Gasteiger partial charge on any atom is 0.345 e. The molecule has 1 aromatic heterocycles. The molecule has 0 radical (unpaired) electrons. The van der Waals surface area contributed by atoms with Crippen molar-refractivity contribution >= 4 is 17.6 Å². The number of nitrogens with zero attached hydrogens (tertiary/aromatic N) is 3. The average Bonchev–Trinajstić information content (AvgIpc) is 2.90. The first-order valence-electron chi connectivity index (χ1n) is 6.82. The number of ether oxygens (including phenoxy) is 1. The van der Waals surface area contributed by atoms with Gasteiger partial charge in [0.1, 0.15) is 5.56 Å². The van der Waals surface area contributed by atoms with Gasteiger partial charge in [0.05, 0.1) is 6.61 Å². The third-order valence-electron chi connectivity index (χ3n) is 3.34. The highest BCUT2D eigenvalue weighted by molar-refractivity contribution is 5.88. The average molecular weight is 285 g/mol. The zero-order chi connectivity index (χ0) is 14.8. The van der Waals surface area contributed by atoms with Crippen molar-refractivity contribution in [1.29, 1.82) is 0 Å². The van der Waals surface area contributed by atoms with Gasteiger partial charge in [-0.2, -0.15) is 4.98 Å². The monoisotopic (exact) mass is 285 g/mol. The van der Waals surface area contributed by atoms with Crippen LogP contribution < -0.4 is 10.5 Å². The second kappa shape index (κ2) is 5.40. The molecule has 2 heterocycles. The highest BCUT2D eigenvalue weighted by atomic mass is 16.5. The standard InChI is InChI=1S/C15H15N3O3/c1-2-21-14(20)12-10-17-8-9-18(15(17)16-13(12)19)11-6-4-3-5-7-11/h3-7,10H,2,8-9H2,1H3. The molecule has 0 saturated carbocycles. The van der Waals surface area contributed by atoms with E-state index < -0.39 is 11.5 Å². The van der Waals surface area contributed by atoms with E-state index in [1.165, 1.54) is 6.20 Å². The molecule has 0 N–H and O–H groups in total. The number of hydrogen-bond acceptors (Lipinski definition) is 5. The number of carbonyl (C=O) groups is 1. The van der Waals surface area contributed by atoms with E-state index in [2.05, 4.69) is 4.98 Å². The van der Waals surface area contributed by atoms with Crippen LogP contribution in [0.4, 0.5) is 11.6 Å². The third-order valence-corrected chi connectivity index (χ3v) is 3.34. The van der Waals surface area contributed by atoms with E-state index >= 15 is 0 Å². The number of fused-ring (bicyclic) bond motifs is 1. The summed E-state index contributed by atoms with van der Waals surface area (Å²) in [6.45, 7) is 3.32. The Bertz CT molecular complexity index is 725. The van der Waals surface area contributed by atoms with Crippen LogP contribution in [-0.2, 0) is 11.3 Å². The van der Waals surface area contributed by atoms with Gasteiger partial charge < -0.3 is 14.2 Å². The Hall–Kier alpha value is -2.63. The maximum atomic E-state index is 12.0. The van der Waals surface area contributed by atoms with Crippen molar-refractivity contribution < 1.29 is 9.53 Å². The van der Waals surface area contributed by atoms with E-state index in [9.17, 15) is 9.59 Å². The van der Waals surface area contributed by atoms with Gasteiger partial charge in [-0.1, -0.05) is 18.2 Å². The Morgan fingerprint density at radius 2 is 2.05 bits per heavy atom. The van der Waals surface area contributed by atoms with Crippen LogP contribution in [0.2, 0.25) is 0 Å². The highest BCUT2D eigenvalue weighted by Gasteiger charge is 2.24. The minimum Gasteiger partial charge on any atom is -0.462 e. The summed E-state index contributed by atoms with van der Waals surface area (Å²) in [5, 5.41) is 0. The molecule has 0 amide bonds. The van der Waals surface area contributed by atoms with Crippen LogP contribution in [0.5, 0.6) is 0 Å². The fourth-order valence-electron chi connectivity index (χ4n) is 2.37. The Kier molecular flexibility index (Phi) is 3.43. The minimum absolute atomic E-state index is 0.0180. The number of benzene rings is 1. The largest absolute Gasteiger partial charge is 0.462 e. The van der Waals surface area contributed by atoms with E-state index in [1.54, 1.807) is 11.5 Å². The van der Waals surface area contributed by atoms with Gasteiger partial charge in [-0.3, -0.25) is 4.79 Å². The molecule has 0 atom stereocenters. The summed E-state index contributed by atoms with van der Waals surface area (Å²) >= 11 is 0. The van der Waals surface area contributed by atoms with Crippen molar-refractivity contribution in [3.63, 3.8) is 0 Å². The predicted molar refractivity (Wildman–Crippen MR) is 77.9 cm³/mol. The summed E-state index contributed by atoms with van der Waals surface area (Å²) in [6.07, 6.45) is 1.53. The fraction of sp³-hybridized carbons (Fsp3) is 0.267. The molecule has 2 aromatic rings. The Labute approximate surface area is 121 Å². The molecule has 1 aromatic carbocycles. The lowest BCUT2D eigenvalue weighted by Crippen LogP contribution is -2.24. The highest BCUT2D eigenvalue weighted by Crippen LogP contribution is 2.26. The lowest BCUT2D eigenvalue weighted by atomic mass is 10.3. The van der Waals surface area contributed by atoms with Gasteiger partial charge in [-0.15, -0.1) is 0 Å². The molecule has 1 aliphatic rings. The maximum absolute atomic E-state index is 12.0. The van der Waals surface area contributed by atoms with Gasteiger partial charge in [0, 0.05) is 25.0 Å². The van der Waals surface area contributed by atoms with E-state index in [-0.39, 0.29) is 12.2 Å². The summed E-state index contributed by atoms with van der Waals surface area (Å²) in [7, 11) is 0. The van der Waals surface area contributed by atoms with E-state index in [4.69, 9.17) is 4.74 Å². The molecule has 0 saturated heterocycles. The summed E-state index contributed by atoms with van der Waals surface area (Å²) in [4.78, 5) is 29.7. The van der Waals surface area contributed by atoms with Crippen molar-refractivity contribution in [2.75, 3.05) is 18.1 Å². The number of anilines is 2. The number of para-hydroxylation sites is 1. The van der Waals surface area contributed by atoms with Crippen molar-refractivity contribution in [3.8, 4) is 0 Å². The molecule has 0 bridgehead atoms. The van der Waals surface area contributed by atoms with Gasteiger partial charge in [0.15, 0.2) is 0 Å². The van der Waals surface area contributed by atoms with E-state index in [0.717, 1.165) is 5.69 Å². The van der Waals surface area contributed by atoms with Crippen LogP contribution >= 0.6 is 0 Å². The number of aromatic nitrogens is 2. The molecular formula is C15H15N3O3. The van der Waals surface area contributed by atoms with Gasteiger partial charge in [-0.25, -0.2) is 4.79 Å². The molecular weight excluding hydrogens is 270 g/mol. The summed E-state index contributed by atoms with van der Waals surface area (Å²) in [6, 6.07) is 9.72. The van der Waals surface area contributed by atoms with Crippen molar-refractivity contribution in [3.05, 3.63) is 52.4 Å². The number of hydrogen-bond donors (Lipinski definition) is 0. The van der Waals surface area contributed by atoms with E-state index in [1.807, 2.05) is 35.2 Å². The lowest BCUT2D eigenvalue weighted by molar-refractivity contribution is 0.0523. The topological polar surface area (TPSA) is 64.4 Å². The first-order valence-corrected chi connectivity index (χ1v) is 6.82. The number of rotatable bonds is 3. The first kappa shape index (κ1) is 13.4.